The summed E-state index contributed by atoms with van der Waals surface area (Å²) in [6.45, 7) is 2.15. The van der Waals surface area contributed by atoms with Crippen LogP contribution in [0, 0.1) is 0 Å². The maximum Gasteiger partial charge on any atom is 0.266 e. The predicted octanol–water partition coefficient (Wildman–Crippen LogP) is 3.70. The van der Waals surface area contributed by atoms with Gasteiger partial charge in [-0.1, -0.05) is 37.3 Å². The average Bonchev–Trinajstić information content (AvgIpc) is 3.20. The number of fused-ring (bicyclic) bond motifs is 1. The van der Waals surface area contributed by atoms with Crippen molar-refractivity contribution >= 4 is 21.4 Å². The minimum atomic E-state index is -3.84. The summed E-state index contributed by atoms with van der Waals surface area (Å²) in [5.74, 6) is 1.43. The highest BCUT2D eigenvalue weighted by molar-refractivity contribution is 7.92. The first-order valence-electron chi connectivity index (χ1n) is 9.57. The second-order valence-corrected chi connectivity index (χ2v) is 8.62. The number of hydrogen-bond donors (Lipinski definition) is 0. The minimum absolute atomic E-state index is 0.182. The lowest BCUT2D eigenvalue weighted by atomic mass is 10.2. The Morgan fingerprint density at radius 3 is 2.37 bits per heavy atom. The van der Waals surface area contributed by atoms with E-state index in [0.29, 0.717) is 23.6 Å². The van der Waals surface area contributed by atoms with Crippen molar-refractivity contribution in [2.24, 2.45) is 0 Å². The Kier molecular flexibility index (Phi) is 5.41. The number of anilines is 1. The fourth-order valence-electron chi connectivity index (χ4n) is 3.25. The zero-order chi connectivity index (χ0) is 21.1. The Hall–Kier alpha value is -3.39. The molecule has 30 heavy (non-hydrogen) atoms. The number of rotatable bonds is 7. The fraction of sp³-hybridized carbons (Fsp3) is 0.182. The number of nitrogens with zero attached hydrogens (tertiary/aromatic N) is 4. The zero-order valence-electron chi connectivity index (χ0n) is 16.8. The van der Waals surface area contributed by atoms with Gasteiger partial charge in [-0.3, -0.25) is 8.71 Å². The van der Waals surface area contributed by atoms with Crippen molar-refractivity contribution in [3.63, 3.8) is 0 Å². The summed E-state index contributed by atoms with van der Waals surface area (Å²) in [6, 6.07) is 19.7. The molecule has 0 bridgehead atoms. The summed E-state index contributed by atoms with van der Waals surface area (Å²) in [5.41, 5.74) is 2.06. The van der Waals surface area contributed by atoms with E-state index in [4.69, 9.17) is 4.74 Å². The van der Waals surface area contributed by atoms with Crippen LogP contribution in [0.2, 0.25) is 0 Å². The number of ether oxygens (including phenoxy) is 1. The molecule has 0 N–H and O–H groups in total. The van der Waals surface area contributed by atoms with Gasteiger partial charge in [-0.05, 0) is 42.0 Å². The van der Waals surface area contributed by atoms with Gasteiger partial charge in [-0.25, -0.2) is 8.42 Å². The molecule has 2 heterocycles. The Bertz CT molecular complexity index is 1250. The molecular weight excluding hydrogens is 400 g/mol. The van der Waals surface area contributed by atoms with Crippen molar-refractivity contribution in [3.05, 3.63) is 84.3 Å². The molecule has 0 saturated heterocycles. The molecule has 0 spiro atoms. The summed E-state index contributed by atoms with van der Waals surface area (Å²) in [4.78, 5) is 0.182. The smallest absolute Gasteiger partial charge is 0.266 e. The van der Waals surface area contributed by atoms with Crippen molar-refractivity contribution < 1.29 is 13.2 Å². The van der Waals surface area contributed by atoms with E-state index in [1.54, 1.807) is 42.0 Å². The van der Waals surface area contributed by atoms with Crippen LogP contribution in [-0.2, 0) is 23.0 Å². The molecule has 2 aromatic carbocycles. The Morgan fingerprint density at radius 1 is 0.967 bits per heavy atom. The minimum Gasteiger partial charge on any atom is -0.497 e. The molecule has 0 radical (unpaired) electrons. The zero-order valence-corrected chi connectivity index (χ0v) is 17.6. The summed E-state index contributed by atoms with van der Waals surface area (Å²) in [5, 5.41) is 8.21. The number of benzene rings is 2. The Morgan fingerprint density at radius 2 is 1.70 bits per heavy atom. The molecular formula is C22H22N4O3S. The summed E-state index contributed by atoms with van der Waals surface area (Å²) in [6.07, 6.45) is 2.24. The van der Waals surface area contributed by atoms with Crippen LogP contribution in [0.5, 0.6) is 5.75 Å². The van der Waals surface area contributed by atoms with Gasteiger partial charge in [0.1, 0.15) is 16.5 Å². The van der Waals surface area contributed by atoms with Gasteiger partial charge in [-0.2, -0.15) is 0 Å². The predicted molar refractivity (Wildman–Crippen MR) is 115 cm³/mol. The summed E-state index contributed by atoms with van der Waals surface area (Å²) < 4.78 is 35.7. The number of para-hydroxylation sites is 1. The quantitative estimate of drug-likeness (QED) is 0.454. The monoisotopic (exact) mass is 422 g/mol. The van der Waals surface area contributed by atoms with E-state index < -0.39 is 10.0 Å². The second-order valence-electron chi connectivity index (χ2n) is 6.76. The fourth-order valence-corrected chi connectivity index (χ4v) is 4.70. The lowest BCUT2D eigenvalue weighted by Gasteiger charge is -2.25. The van der Waals surface area contributed by atoms with Gasteiger partial charge >= 0.3 is 0 Å². The third kappa shape index (κ3) is 3.73. The molecule has 154 valence electrons. The number of hydrogen-bond acceptors (Lipinski definition) is 5. The molecule has 0 saturated carbocycles. The molecule has 7 nitrogen and oxygen atoms in total. The van der Waals surface area contributed by atoms with Gasteiger partial charge in [0.25, 0.3) is 10.0 Å². The number of aryl methyl sites for hydroxylation is 1. The molecule has 8 heteroatoms. The van der Waals surface area contributed by atoms with Crippen LogP contribution in [-0.4, -0.2) is 30.1 Å². The van der Waals surface area contributed by atoms with Crippen LogP contribution in [0.25, 0.3) is 5.65 Å². The van der Waals surface area contributed by atoms with E-state index in [1.807, 2.05) is 49.4 Å². The maximum absolute atomic E-state index is 13.7. The van der Waals surface area contributed by atoms with E-state index in [-0.39, 0.29) is 11.4 Å². The van der Waals surface area contributed by atoms with Crippen LogP contribution < -0.4 is 9.04 Å². The highest BCUT2D eigenvalue weighted by Gasteiger charge is 2.26. The van der Waals surface area contributed by atoms with Gasteiger partial charge < -0.3 is 4.74 Å². The Labute approximate surface area is 175 Å². The third-order valence-corrected chi connectivity index (χ3v) is 6.64. The van der Waals surface area contributed by atoms with Gasteiger partial charge in [-0.15, -0.1) is 10.2 Å². The highest BCUT2D eigenvalue weighted by Crippen LogP contribution is 2.27. The Balaban J connectivity index is 1.78. The lowest BCUT2D eigenvalue weighted by molar-refractivity contribution is 0.414. The van der Waals surface area contributed by atoms with Gasteiger partial charge in [0.15, 0.2) is 5.65 Å². The molecule has 0 unspecified atom stereocenters. The molecule has 4 aromatic rings. The largest absolute Gasteiger partial charge is 0.497 e. The average molecular weight is 423 g/mol. The molecule has 0 aliphatic rings. The van der Waals surface area contributed by atoms with Crippen LogP contribution >= 0.6 is 0 Å². The van der Waals surface area contributed by atoms with Crippen molar-refractivity contribution in [1.82, 2.24) is 14.6 Å². The van der Waals surface area contributed by atoms with E-state index in [9.17, 15) is 8.42 Å². The topological polar surface area (TPSA) is 76.8 Å². The first kappa shape index (κ1) is 19.9. The number of sulfonamides is 1. The normalized spacial score (nSPS) is 11.5. The standard InChI is InChI=1S/C22H22N4O3S/c1-3-21-23-24-22-14-13-20(16-25(21)22)30(27,28)26(18-7-5-4-6-8-18)15-17-9-11-19(29-2)12-10-17/h4-14,16H,3,15H2,1-2H3. The van der Waals surface area contributed by atoms with Gasteiger partial charge in [0, 0.05) is 12.6 Å². The second kappa shape index (κ2) is 8.16. The van der Waals surface area contributed by atoms with Gasteiger partial charge in [0.05, 0.1) is 19.3 Å². The van der Waals surface area contributed by atoms with E-state index in [2.05, 4.69) is 10.2 Å². The van der Waals surface area contributed by atoms with Crippen LogP contribution in [0.4, 0.5) is 5.69 Å². The number of methoxy groups -OCH3 is 1. The van der Waals surface area contributed by atoms with Gasteiger partial charge in [0.2, 0.25) is 0 Å². The first-order valence-corrected chi connectivity index (χ1v) is 11.0. The maximum atomic E-state index is 13.7. The van der Waals surface area contributed by atoms with Crippen molar-refractivity contribution in [2.75, 3.05) is 11.4 Å². The van der Waals surface area contributed by atoms with Crippen LogP contribution in [0.3, 0.4) is 0 Å². The molecule has 0 fully saturated rings. The van der Waals surface area contributed by atoms with Crippen molar-refractivity contribution in [3.8, 4) is 5.75 Å². The van der Waals surface area contributed by atoms with Crippen molar-refractivity contribution in [2.45, 2.75) is 24.8 Å². The first-order chi connectivity index (χ1) is 14.5. The SMILES string of the molecule is CCc1nnc2ccc(S(=O)(=O)N(Cc3ccc(OC)cc3)c3ccccc3)cn12. The number of aromatic nitrogens is 3. The third-order valence-electron chi connectivity index (χ3n) is 4.88. The number of pyridine rings is 1. The lowest BCUT2D eigenvalue weighted by Crippen LogP contribution is -2.30. The summed E-state index contributed by atoms with van der Waals surface area (Å²) >= 11 is 0. The van der Waals surface area contributed by atoms with E-state index >= 15 is 0 Å². The van der Waals surface area contributed by atoms with Crippen molar-refractivity contribution in [1.29, 1.82) is 0 Å². The molecule has 0 aliphatic heterocycles. The molecule has 0 aliphatic carbocycles. The summed E-state index contributed by atoms with van der Waals surface area (Å²) in [7, 11) is -2.24. The molecule has 2 aromatic heterocycles. The van der Waals surface area contributed by atoms with Crippen LogP contribution in [0.1, 0.15) is 18.3 Å². The molecule has 0 atom stereocenters. The van der Waals surface area contributed by atoms with Crippen LogP contribution in [0.15, 0.2) is 77.8 Å². The highest BCUT2D eigenvalue weighted by atomic mass is 32.2. The molecule has 4 rings (SSSR count). The molecule has 0 amide bonds. The van der Waals surface area contributed by atoms with E-state index in [1.165, 1.54) is 4.31 Å². The van der Waals surface area contributed by atoms with E-state index in [0.717, 1.165) is 11.3 Å².